The molecule has 146 valence electrons. The Hall–Kier alpha value is -3.62. The van der Waals surface area contributed by atoms with Gasteiger partial charge in [0.05, 0.1) is 4.92 Å². The van der Waals surface area contributed by atoms with Crippen LogP contribution in [-0.2, 0) is 16.0 Å². The molecule has 0 bridgehead atoms. The molecule has 9 heteroatoms. The van der Waals surface area contributed by atoms with Crippen molar-refractivity contribution >= 4 is 17.6 Å². The molecule has 1 aliphatic rings. The van der Waals surface area contributed by atoms with E-state index in [0.717, 1.165) is 5.56 Å². The van der Waals surface area contributed by atoms with Crippen LogP contribution in [-0.4, -0.2) is 43.2 Å². The first-order chi connectivity index (χ1) is 13.5. The number of carbonyl (C=O) groups excluding carboxylic acids is 2. The van der Waals surface area contributed by atoms with Crippen LogP contribution in [0.2, 0.25) is 0 Å². The molecule has 0 fully saturated rings. The number of rotatable bonds is 7. The first-order valence-electron chi connectivity index (χ1n) is 8.60. The van der Waals surface area contributed by atoms with Gasteiger partial charge < -0.3 is 19.5 Å². The quantitative estimate of drug-likeness (QED) is 0.439. The number of hydrogen-bond acceptors (Lipinski definition) is 7. The van der Waals surface area contributed by atoms with Gasteiger partial charge in [-0.05, 0) is 30.2 Å². The number of para-hydroxylation sites is 1. The number of nitro benzene ring substituents is 1. The van der Waals surface area contributed by atoms with Crippen LogP contribution in [0, 0.1) is 10.1 Å². The van der Waals surface area contributed by atoms with Gasteiger partial charge in [-0.25, -0.2) is 4.79 Å². The highest BCUT2D eigenvalue weighted by Gasteiger charge is 2.21. The highest BCUT2D eigenvalue weighted by atomic mass is 16.6. The van der Waals surface area contributed by atoms with E-state index in [4.69, 9.17) is 14.2 Å². The number of nitrogens with one attached hydrogen (secondary N) is 1. The van der Waals surface area contributed by atoms with Gasteiger partial charge in [-0.15, -0.1) is 0 Å². The summed E-state index contributed by atoms with van der Waals surface area (Å²) in [4.78, 5) is 34.1. The Morgan fingerprint density at radius 1 is 1.11 bits per heavy atom. The van der Waals surface area contributed by atoms with E-state index in [-0.39, 0.29) is 11.3 Å². The first-order valence-corrected chi connectivity index (χ1v) is 8.60. The molecule has 0 atom stereocenters. The third-order valence-corrected chi connectivity index (χ3v) is 4.00. The zero-order valence-corrected chi connectivity index (χ0v) is 14.9. The molecule has 2 aromatic rings. The van der Waals surface area contributed by atoms with Crippen LogP contribution < -0.4 is 14.8 Å². The van der Waals surface area contributed by atoms with Crippen molar-refractivity contribution in [1.82, 2.24) is 5.32 Å². The Morgan fingerprint density at radius 3 is 2.64 bits per heavy atom. The molecule has 0 saturated carbocycles. The summed E-state index contributed by atoms with van der Waals surface area (Å²) < 4.78 is 15.8. The number of hydrogen-bond donors (Lipinski definition) is 1. The maximum atomic E-state index is 12.0. The van der Waals surface area contributed by atoms with Crippen LogP contribution in [0.15, 0.2) is 42.5 Å². The summed E-state index contributed by atoms with van der Waals surface area (Å²) >= 11 is 0. The molecule has 0 radical (unpaired) electrons. The second-order valence-electron chi connectivity index (χ2n) is 5.93. The molecule has 2 aromatic carbocycles. The zero-order valence-electron chi connectivity index (χ0n) is 14.9. The maximum absolute atomic E-state index is 12.0. The molecule has 1 aliphatic heterocycles. The first kappa shape index (κ1) is 19.2. The fourth-order valence-electron chi connectivity index (χ4n) is 2.65. The van der Waals surface area contributed by atoms with E-state index >= 15 is 0 Å². The van der Waals surface area contributed by atoms with Gasteiger partial charge in [0.2, 0.25) is 0 Å². The number of fused-ring (bicyclic) bond motifs is 1. The third-order valence-electron chi connectivity index (χ3n) is 4.00. The van der Waals surface area contributed by atoms with Gasteiger partial charge in [-0.2, -0.15) is 0 Å². The maximum Gasteiger partial charge on any atom is 0.345 e. The molecule has 3 rings (SSSR count). The average molecular weight is 386 g/mol. The van der Waals surface area contributed by atoms with E-state index < -0.39 is 23.4 Å². The number of nitro groups is 1. The Bertz CT molecular complexity index is 898. The number of ether oxygens (including phenoxy) is 3. The van der Waals surface area contributed by atoms with Crippen LogP contribution in [0.4, 0.5) is 5.69 Å². The predicted octanol–water partition coefficient (Wildman–Crippen LogP) is 1.88. The summed E-state index contributed by atoms with van der Waals surface area (Å²) in [6.45, 7) is 0.832. The summed E-state index contributed by atoms with van der Waals surface area (Å²) in [6, 6.07) is 11.0. The minimum atomic E-state index is -0.922. The minimum absolute atomic E-state index is 0.198. The van der Waals surface area contributed by atoms with Crippen molar-refractivity contribution in [2.45, 2.75) is 6.42 Å². The minimum Gasteiger partial charge on any atom is -0.486 e. The summed E-state index contributed by atoms with van der Waals surface area (Å²) in [6.07, 6.45) is 0.556. The Morgan fingerprint density at radius 2 is 1.86 bits per heavy atom. The predicted molar refractivity (Wildman–Crippen MR) is 97.5 cm³/mol. The van der Waals surface area contributed by atoms with Crippen molar-refractivity contribution < 1.29 is 28.7 Å². The molecule has 1 heterocycles. The summed E-state index contributed by atoms with van der Waals surface area (Å²) in [5.41, 5.74) is 0.393. The smallest absolute Gasteiger partial charge is 0.345 e. The lowest BCUT2D eigenvalue weighted by atomic mass is 10.1. The highest BCUT2D eigenvalue weighted by molar-refractivity contribution is 5.95. The number of esters is 1. The van der Waals surface area contributed by atoms with Crippen LogP contribution in [0.1, 0.15) is 15.9 Å². The van der Waals surface area contributed by atoms with Gasteiger partial charge in [0.15, 0.2) is 18.1 Å². The van der Waals surface area contributed by atoms with Crippen molar-refractivity contribution in [3.8, 4) is 11.5 Å². The summed E-state index contributed by atoms with van der Waals surface area (Å²) in [7, 11) is 0. The van der Waals surface area contributed by atoms with Crippen molar-refractivity contribution in [3.05, 3.63) is 63.7 Å². The number of nitrogens with zero attached hydrogens (tertiary/aromatic N) is 1. The van der Waals surface area contributed by atoms with Crippen LogP contribution in [0.25, 0.3) is 0 Å². The van der Waals surface area contributed by atoms with E-state index in [1.54, 1.807) is 0 Å². The van der Waals surface area contributed by atoms with Gasteiger partial charge in [0.25, 0.3) is 11.6 Å². The number of benzene rings is 2. The molecular formula is C19H18N2O7. The van der Waals surface area contributed by atoms with Crippen molar-refractivity contribution in [2.75, 3.05) is 26.4 Å². The van der Waals surface area contributed by atoms with Crippen molar-refractivity contribution in [1.29, 1.82) is 0 Å². The molecule has 28 heavy (non-hydrogen) atoms. The fraction of sp³-hybridized carbons (Fsp3) is 0.263. The molecule has 1 amide bonds. The Balaban J connectivity index is 1.45. The van der Waals surface area contributed by atoms with Gasteiger partial charge in [-0.1, -0.05) is 18.2 Å². The SMILES string of the molecule is O=C(COC(=O)c1ccccc1[N+](=O)[O-])NCCc1ccc2c(c1)OCCO2. The van der Waals surface area contributed by atoms with E-state index in [1.807, 2.05) is 18.2 Å². The summed E-state index contributed by atoms with van der Waals surface area (Å²) in [5, 5.41) is 13.6. The van der Waals surface area contributed by atoms with Gasteiger partial charge in [0, 0.05) is 12.6 Å². The van der Waals surface area contributed by atoms with Crippen LogP contribution >= 0.6 is 0 Å². The average Bonchev–Trinajstić information content (AvgIpc) is 2.72. The fourth-order valence-corrected chi connectivity index (χ4v) is 2.65. The van der Waals surface area contributed by atoms with Crippen molar-refractivity contribution in [3.63, 3.8) is 0 Å². The molecule has 9 nitrogen and oxygen atoms in total. The molecule has 0 aliphatic carbocycles. The molecule has 0 aromatic heterocycles. The molecule has 0 unspecified atom stereocenters. The Kier molecular flexibility index (Phi) is 6.05. The van der Waals surface area contributed by atoms with Crippen LogP contribution in [0.5, 0.6) is 11.5 Å². The lowest BCUT2D eigenvalue weighted by Crippen LogP contribution is -2.30. The number of amides is 1. The molecule has 0 saturated heterocycles. The van der Waals surface area contributed by atoms with Crippen LogP contribution in [0.3, 0.4) is 0 Å². The lowest BCUT2D eigenvalue weighted by Gasteiger charge is -2.18. The van der Waals surface area contributed by atoms with E-state index in [0.29, 0.717) is 37.7 Å². The zero-order chi connectivity index (χ0) is 19.9. The standard InChI is InChI=1S/C19H18N2O7/c22-18(12-28-19(23)14-3-1-2-4-15(14)21(24)25)20-8-7-13-5-6-16-17(11-13)27-10-9-26-16/h1-6,11H,7-10,12H2,(H,20,22). The van der Waals surface area contributed by atoms with Gasteiger partial charge in [-0.3, -0.25) is 14.9 Å². The highest BCUT2D eigenvalue weighted by Crippen LogP contribution is 2.30. The second kappa shape index (κ2) is 8.85. The molecular weight excluding hydrogens is 368 g/mol. The van der Waals surface area contributed by atoms with E-state index in [2.05, 4.69) is 5.32 Å². The van der Waals surface area contributed by atoms with E-state index in [1.165, 1.54) is 24.3 Å². The second-order valence-corrected chi connectivity index (χ2v) is 5.93. The lowest BCUT2D eigenvalue weighted by molar-refractivity contribution is -0.385. The largest absolute Gasteiger partial charge is 0.486 e. The van der Waals surface area contributed by atoms with Gasteiger partial charge in [0.1, 0.15) is 18.8 Å². The molecule has 1 N–H and O–H groups in total. The topological polar surface area (TPSA) is 117 Å². The van der Waals surface area contributed by atoms with Crippen molar-refractivity contribution in [2.24, 2.45) is 0 Å². The van der Waals surface area contributed by atoms with Gasteiger partial charge >= 0.3 is 5.97 Å². The molecule has 0 spiro atoms. The normalized spacial score (nSPS) is 12.1. The van der Waals surface area contributed by atoms with E-state index in [9.17, 15) is 19.7 Å². The number of carbonyl (C=O) groups is 2. The monoisotopic (exact) mass is 386 g/mol. The summed E-state index contributed by atoms with van der Waals surface area (Å²) in [5.74, 6) is -0.0480. The Labute approximate surface area is 160 Å². The third kappa shape index (κ3) is 4.76.